The van der Waals surface area contributed by atoms with Crippen LogP contribution in [-0.2, 0) is 19.4 Å². The minimum Gasteiger partial charge on any atom is -0.444 e. The maximum Gasteiger partial charge on any atom is 0.408 e. The third-order valence-electron chi connectivity index (χ3n) is 4.69. The van der Waals surface area contributed by atoms with Crippen molar-refractivity contribution in [3.63, 3.8) is 0 Å². The van der Waals surface area contributed by atoms with E-state index in [0.717, 1.165) is 16.8 Å². The van der Waals surface area contributed by atoms with Gasteiger partial charge >= 0.3 is 6.09 Å². The number of rotatable bonds is 3. The lowest BCUT2D eigenvalue weighted by molar-refractivity contribution is -0.117. The molecule has 0 aromatic heterocycles. The van der Waals surface area contributed by atoms with Crippen molar-refractivity contribution in [1.82, 2.24) is 5.32 Å². The van der Waals surface area contributed by atoms with Gasteiger partial charge in [-0.05, 0) is 51.8 Å². The highest BCUT2D eigenvalue weighted by atomic mass is 32.2. The minimum absolute atomic E-state index is 0.0292. The zero-order valence-corrected chi connectivity index (χ0v) is 19.4. The Hall–Kier alpha value is -2.07. The maximum atomic E-state index is 12.4. The molecule has 0 spiro atoms. The minimum atomic E-state index is -3.14. The zero-order chi connectivity index (χ0) is 22.3. The summed E-state index contributed by atoms with van der Waals surface area (Å²) < 4.78 is 29.5. The quantitative estimate of drug-likeness (QED) is 0.749. The van der Waals surface area contributed by atoms with Crippen molar-refractivity contribution in [3.05, 3.63) is 29.3 Å². The van der Waals surface area contributed by atoms with Crippen molar-refractivity contribution < 1.29 is 22.7 Å². The van der Waals surface area contributed by atoms with Crippen LogP contribution in [0.5, 0.6) is 0 Å². The van der Waals surface area contributed by atoms with Gasteiger partial charge in [0.25, 0.3) is 5.91 Å². The molecule has 2 saturated heterocycles. The largest absolute Gasteiger partial charge is 0.444 e. The highest BCUT2D eigenvalue weighted by Gasteiger charge is 2.49. The topological polar surface area (TPSA) is 105 Å². The third kappa shape index (κ3) is 5.34. The smallest absolute Gasteiger partial charge is 0.408 e. The first-order chi connectivity index (χ1) is 13.8. The van der Waals surface area contributed by atoms with Gasteiger partial charge in [0.2, 0.25) is 0 Å². The molecule has 0 radical (unpaired) electrons. The Bertz CT molecular complexity index is 998. The van der Waals surface area contributed by atoms with E-state index in [1.54, 1.807) is 20.8 Å². The number of alkyl carbamates (subject to hydrolysis) is 1. The second-order valence-corrected chi connectivity index (χ2v) is 12.0. The van der Waals surface area contributed by atoms with Gasteiger partial charge in [-0.2, -0.15) is 4.99 Å². The van der Waals surface area contributed by atoms with Crippen molar-refractivity contribution in [2.24, 2.45) is 4.99 Å². The number of hydrogen-bond donors (Lipinski definition) is 1. The van der Waals surface area contributed by atoms with E-state index in [1.165, 1.54) is 11.8 Å². The second-order valence-electron chi connectivity index (χ2n) is 8.60. The number of hydrogen-bond acceptors (Lipinski definition) is 6. The lowest BCUT2D eigenvalue weighted by atomic mass is 10.1. The predicted molar refractivity (Wildman–Crippen MR) is 119 cm³/mol. The van der Waals surface area contributed by atoms with Crippen molar-refractivity contribution >= 4 is 44.5 Å². The molecule has 10 heteroatoms. The molecule has 1 aromatic rings. The number of amides is 2. The van der Waals surface area contributed by atoms with Crippen LogP contribution in [-0.4, -0.2) is 60.5 Å². The van der Waals surface area contributed by atoms with Gasteiger partial charge in [-0.25, -0.2) is 13.2 Å². The summed E-state index contributed by atoms with van der Waals surface area (Å²) in [5.41, 5.74) is 2.18. The Balaban J connectivity index is 1.83. The van der Waals surface area contributed by atoms with Crippen molar-refractivity contribution in [2.45, 2.75) is 51.5 Å². The number of sulfone groups is 1. The molecule has 2 heterocycles. The average Bonchev–Trinajstić information content (AvgIpc) is 3.04. The SMILES string of the molecule is Cc1ccc(C)c(N2C(=NC(=O)CNC(=O)OC(C)(C)C)SC3CS(=O)(=O)CC32)c1. The average molecular weight is 454 g/mol. The molecule has 2 amide bonds. The number of nitrogens with zero attached hydrogens (tertiary/aromatic N) is 2. The van der Waals surface area contributed by atoms with Gasteiger partial charge in [0.05, 0.1) is 17.5 Å². The van der Waals surface area contributed by atoms with E-state index >= 15 is 0 Å². The Kier molecular flexibility index (Phi) is 6.20. The Morgan fingerprint density at radius 3 is 2.63 bits per heavy atom. The molecule has 0 bridgehead atoms. The van der Waals surface area contributed by atoms with Gasteiger partial charge in [-0.15, -0.1) is 0 Å². The Labute approximate surface area is 181 Å². The Morgan fingerprint density at radius 2 is 1.97 bits per heavy atom. The summed E-state index contributed by atoms with van der Waals surface area (Å²) in [4.78, 5) is 30.3. The number of amidine groups is 1. The lowest BCUT2D eigenvalue weighted by Gasteiger charge is -2.26. The summed E-state index contributed by atoms with van der Waals surface area (Å²) in [6.07, 6.45) is -0.690. The predicted octanol–water partition coefficient (Wildman–Crippen LogP) is 2.43. The van der Waals surface area contributed by atoms with Gasteiger partial charge in [-0.1, -0.05) is 23.9 Å². The van der Waals surface area contributed by atoms with E-state index < -0.39 is 27.4 Å². The fraction of sp³-hybridized carbons (Fsp3) is 0.550. The highest BCUT2D eigenvalue weighted by Crippen LogP contribution is 2.42. The fourth-order valence-corrected chi connectivity index (χ4v) is 7.36. The first-order valence-electron chi connectivity index (χ1n) is 9.66. The molecule has 0 aliphatic carbocycles. The van der Waals surface area contributed by atoms with Crippen molar-refractivity contribution in [3.8, 4) is 0 Å². The summed E-state index contributed by atoms with van der Waals surface area (Å²) in [6.45, 7) is 8.81. The molecule has 2 unspecified atom stereocenters. The number of fused-ring (bicyclic) bond motifs is 1. The van der Waals surface area contributed by atoms with Gasteiger partial charge < -0.3 is 15.0 Å². The monoisotopic (exact) mass is 453 g/mol. The third-order valence-corrected chi connectivity index (χ3v) is 7.90. The van der Waals surface area contributed by atoms with Crippen LogP contribution in [0.15, 0.2) is 23.2 Å². The first-order valence-corrected chi connectivity index (χ1v) is 12.4. The van der Waals surface area contributed by atoms with Crippen molar-refractivity contribution in [2.75, 3.05) is 23.0 Å². The standard InChI is InChI=1S/C20H27N3O5S2/c1-12-6-7-13(2)14(8-12)23-15-10-30(26,27)11-16(15)29-18(23)22-17(24)9-21-19(25)28-20(3,4)5/h6-8,15-16H,9-11H2,1-5H3,(H,21,25). The second kappa shape index (κ2) is 8.22. The van der Waals surface area contributed by atoms with Crippen LogP contribution >= 0.6 is 11.8 Å². The number of anilines is 1. The van der Waals surface area contributed by atoms with Gasteiger partial charge in [-0.3, -0.25) is 4.79 Å². The molecule has 8 nitrogen and oxygen atoms in total. The van der Waals surface area contributed by atoms with E-state index in [0.29, 0.717) is 5.17 Å². The maximum absolute atomic E-state index is 12.4. The molecule has 0 saturated carbocycles. The van der Waals surface area contributed by atoms with Crippen LogP contribution in [0, 0.1) is 13.8 Å². The summed E-state index contributed by atoms with van der Waals surface area (Å²) in [7, 11) is -3.14. The van der Waals surface area contributed by atoms with Crippen LogP contribution in [0.3, 0.4) is 0 Å². The van der Waals surface area contributed by atoms with Crippen LogP contribution in [0.2, 0.25) is 0 Å². The zero-order valence-electron chi connectivity index (χ0n) is 17.8. The number of carbonyl (C=O) groups is 2. The molecule has 2 fully saturated rings. The van der Waals surface area contributed by atoms with Gasteiger partial charge in [0.1, 0.15) is 12.1 Å². The van der Waals surface area contributed by atoms with Crippen LogP contribution in [0.4, 0.5) is 10.5 Å². The molecule has 3 rings (SSSR count). The number of aliphatic imine (C=N–C) groups is 1. The number of ether oxygens (including phenoxy) is 1. The van der Waals surface area contributed by atoms with E-state index in [4.69, 9.17) is 4.74 Å². The summed E-state index contributed by atoms with van der Waals surface area (Å²) in [5.74, 6) is -0.435. The summed E-state index contributed by atoms with van der Waals surface area (Å²) in [6, 6.07) is 5.65. The summed E-state index contributed by atoms with van der Waals surface area (Å²) >= 11 is 1.31. The molecule has 2 aliphatic rings. The number of carbonyl (C=O) groups excluding carboxylic acids is 2. The van der Waals surface area contributed by atoms with E-state index in [9.17, 15) is 18.0 Å². The molecular weight excluding hydrogens is 426 g/mol. The molecule has 2 aliphatic heterocycles. The molecule has 2 atom stereocenters. The number of thioether (sulfide) groups is 1. The summed E-state index contributed by atoms with van der Waals surface area (Å²) in [5, 5.41) is 2.69. The molecular formula is C20H27N3O5S2. The van der Waals surface area contributed by atoms with Crippen LogP contribution in [0.25, 0.3) is 0 Å². The molecule has 1 N–H and O–H groups in total. The van der Waals surface area contributed by atoms with Crippen molar-refractivity contribution in [1.29, 1.82) is 0 Å². The van der Waals surface area contributed by atoms with Gasteiger partial charge in [0, 0.05) is 10.9 Å². The van der Waals surface area contributed by atoms with Gasteiger partial charge in [0.15, 0.2) is 15.0 Å². The van der Waals surface area contributed by atoms with E-state index in [2.05, 4.69) is 10.3 Å². The van der Waals surface area contributed by atoms with Crippen LogP contribution < -0.4 is 10.2 Å². The fourth-order valence-electron chi connectivity index (χ4n) is 3.43. The van der Waals surface area contributed by atoms with Crippen LogP contribution in [0.1, 0.15) is 31.9 Å². The molecule has 30 heavy (non-hydrogen) atoms. The normalized spacial score (nSPS) is 24.0. The van der Waals surface area contributed by atoms with E-state index in [-0.39, 0.29) is 29.3 Å². The number of aryl methyl sites for hydroxylation is 2. The highest BCUT2D eigenvalue weighted by molar-refractivity contribution is 8.16. The number of benzene rings is 1. The molecule has 1 aromatic carbocycles. The first kappa shape index (κ1) is 22.6. The van der Waals surface area contributed by atoms with E-state index in [1.807, 2.05) is 36.9 Å². The molecule has 164 valence electrons. The Morgan fingerprint density at radius 1 is 1.27 bits per heavy atom. The number of nitrogens with one attached hydrogen (secondary N) is 1. The lowest BCUT2D eigenvalue weighted by Crippen LogP contribution is -2.39.